The Hall–Kier alpha value is -0.275. The van der Waals surface area contributed by atoms with Crippen LogP contribution in [0.3, 0.4) is 0 Å². The van der Waals surface area contributed by atoms with Crippen molar-refractivity contribution in [2.75, 3.05) is 0 Å². The minimum absolute atomic E-state index is 0.0654. The fourth-order valence-corrected chi connectivity index (χ4v) is 2.88. The Morgan fingerprint density at radius 3 is 2.22 bits per heavy atom. The van der Waals surface area contributed by atoms with E-state index in [2.05, 4.69) is 40.7 Å². The normalized spacial score (nSPS) is 28.1. The Bertz CT molecular complexity index is 317. The van der Waals surface area contributed by atoms with Gasteiger partial charge in [0.1, 0.15) is 0 Å². The molecule has 1 aliphatic heterocycles. The summed E-state index contributed by atoms with van der Waals surface area (Å²) in [4.78, 5) is 0. The summed E-state index contributed by atoms with van der Waals surface area (Å²) >= 11 is 0. The monoisotopic (exact) mass is 250 g/mol. The molecule has 0 spiro atoms. The predicted molar refractivity (Wildman–Crippen MR) is 76.7 cm³/mol. The first-order chi connectivity index (χ1) is 8.37. The van der Waals surface area contributed by atoms with Crippen molar-refractivity contribution in [3.63, 3.8) is 0 Å². The van der Waals surface area contributed by atoms with Crippen LogP contribution in [0.5, 0.6) is 0 Å². The third-order valence-corrected chi connectivity index (χ3v) is 4.84. The molecule has 102 valence electrons. The van der Waals surface area contributed by atoms with Crippen LogP contribution in [-0.4, -0.2) is 18.3 Å². The third kappa shape index (κ3) is 2.53. The van der Waals surface area contributed by atoms with Gasteiger partial charge in [-0.3, -0.25) is 0 Å². The SMILES string of the molecule is CCC(B1OC(C)(C)C(C)(C)O1)C1=CCCCC1. The Morgan fingerprint density at radius 2 is 1.78 bits per heavy atom. The van der Waals surface area contributed by atoms with Gasteiger partial charge >= 0.3 is 7.12 Å². The first-order valence-corrected chi connectivity index (χ1v) is 7.42. The van der Waals surface area contributed by atoms with Gasteiger partial charge in [0.15, 0.2) is 0 Å². The van der Waals surface area contributed by atoms with Gasteiger partial charge in [-0.15, -0.1) is 0 Å². The first-order valence-electron chi connectivity index (χ1n) is 7.42. The van der Waals surface area contributed by atoms with Crippen molar-refractivity contribution in [1.82, 2.24) is 0 Å². The van der Waals surface area contributed by atoms with Crippen LogP contribution in [0.2, 0.25) is 5.82 Å². The zero-order valence-electron chi connectivity index (χ0n) is 12.6. The summed E-state index contributed by atoms with van der Waals surface area (Å²) in [6.45, 7) is 10.8. The van der Waals surface area contributed by atoms with Crippen molar-refractivity contribution >= 4 is 7.12 Å². The molecule has 18 heavy (non-hydrogen) atoms. The van der Waals surface area contributed by atoms with E-state index >= 15 is 0 Å². The molecule has 0 N–H and O–H groups in total. The molecule has 2 aliphatic rings. The van der Waals surface area contributed by atoms with Crippen LogP contribution < -0.4 is 0 Å². The molecular weight excluding hydrogens is 223 g/mol. The minimum Gasteiger partial charge on any atom is -0.403 e. The number of hydrogen-bond donors (Lipinski definition) is 0. The average Bonchev–Trinajstić information content (AvgIpc) is 2.50. The highest BCUT2D eigenvalue weighted by Crippen LogP contribution is 2.44. The average molecular weight is 250 g/mol. The van der Waals surface area contributed by atoms with Gasteiger partial charge in [-0.05, 0) is 53.4 Å². The van der Waals surface area contributed by atoms with Crippen LogP contribution in [0, 0.1) is 0 Å². The van der Waals surface area contributed by atoms with Crippen molar-refractivity contribution < 1.29 is 9.31 Å². The van der Waals surface area contributed by atoms with Crippen LogP contribution in [-0.2, 0) is 9.31 Å². The van der Waals surface area contributed by atoms with E-state index < -0.39 is 0 Å². The fourth-order valence-electron chi connectivity index (χ4n) is 2.88. The molecule has 0 bridgehead atoms. The maximum absolute atomic E-state index is 6.21. The second-order valence-electron chi connectivity index (χ2n) is 6.66. The summed E-state index contributed by atoms with van der Waals surface area (Å²) in [6, 6.07) is 0. The van der Waals surface area contributed by atoms with Gasteiger partial charge in [0, 0.05) is 5.82 Å². The number of rotatable bonds is 3. The molecule has 1 atom stereocenters. The lowest BCUT2D eigenvalue weighted by molar-refractivity contribution is 0.00578. The number of hydrogen-bond acceptors (Lipinski definition) is 2. The smallest absolute Gasteiger partial charge is 0.403 e. The summed E-state index contributed by atoms with van der Waals surface area (Å²) < 4.78 is 12.4. The highest BCUT2D eigenvalue weighted by molar-refractivity contribution is 6.48. The van der Waals surface area contributed by atoms with E-state index in [1.165, 1.54) is 25.7 Å². The van der Waals surface area contributed by atoms with Gasteiger partial charge in [0.2, 0.25) is 0 Å². The minimum atomic E-state index is -0.208. The summed E-state index contributed by atoms with van der Waals surface area (Å²) in [7, 11) is -0.0654. The lowest BCUT2D eigenvalue weighted by Crippen LogP contribution is -2.41. The summed E-state index contributed by atoms with van der Waals surface area (Å²) in [5, 5.41) is 0. The van der Waals surface area contributed by atoms with Gasteiger partial charge in [-0.25, -0.2) is 0 Å². The second kappa shape index (κ2) is 5.01. The van der Waals surface area contributed by atoms with E-state index in [1.54, 1.807) is 5.57 Å². The topological polar surface area (TPSA) is 18.5 Å². The fraction of sp³-hybridized carbons (Fsp3) is 0.867. The molecule has 1 fully saturated rings. The molecule has 3 heteroatoms. The molecule has 0 aromatic heterocycles. The standard InChI is InChI=1S/C15H27BO2/c1-6-13(12-10-8-7-9-11-12)16-17-14(2,3)15(4,5)18-16/h10,13H,6-9,11H2,1-5H3. The highest BCUT2D eigenvalue weighted by Gasteiger charge is 2.53. The predicted octanol–water partition coefficient (Wildman–Crippen LogP) is 4.36. The molecule has 0 radical (unpaired) electrons. The maximum Gasteiger partial charge on any atom is 0.465 e. The third-order valence-electron chi connectivity index (χ3n) is 4.84. The van der Waals surface area contributed by atoms with Crippen LogP contribution in [0.25, 0.3) is 0 Å². The van der Waals surface area contributed by atoms with Crippen LogP contribution in [0.1, 0.15) is 66.7 Å². The van der Waals surface area contributed by atoms with Gasteiger partial charge in [-0.2, -0.15) is 0 Å². The maximum atomic E-state index is 6.21. The molecule has 1 aliphatic carbocycles. The van der Waals surface area contributed by atoms with Gasteiger partial charge in [0.05, 0.1) is 11.2 Å². The van der Waals surface area contributed by atoms with Crippen molar-refractivity contribution in [3.05, 3.63) is 11.6 Å². The van der Waals surface area contributed by atoms with E-state index in [0.29, 0.717) is 5.82 Å². The van der Waals surface area contributed by atoms with E-state index in [0.717, 1.165) is 6.42 Å². The molecule has 0 amide bonds. The number of allylic oxidation sites excluding steroid dienone is 2. The van der Waals surface area contributed by atoms with Crippen LogP contribution in [0.4, 0.5) is 0 Å². The molecular formula is C15H27BO2. The highest BCUT2D eigenvalue weighted by atomic mass is 16.7. The largest absolute Gasteiger partial charge is 0.465 e. The Balaban J connectivity index is 2.13. The van der Waals surface area contributed by atoms with Crippen LogP contribution >= 0.6 is 0 Å². The van der Waals surface area contributed by atoms with E-state index in [1.807, 2.05) is 0 Å². The zero-order valence-corrected chi connectivity index (χ0v) is 12.6. The lowest BCUT2D eigenvalue weighted by Gasteiger charge is -2.32. The quantitative estimate of drug-likeness (QED) is 0.547. The van der Waals surface area contributed by atoms with Crippen LogP contribution in [0.15, 0.2) is 11.6 Å². The van der Waals surface area contributed by atoms with Gasteiger partial charge < -0.3 is 9.31 Å². The van der Waals surface area contributed by atoms with Crippen molar-refractivity contribution in [1.29, 1.82) is 0 Å². The molecule has 1 heterocycles. The van der Waals surface area contributed by atoms with E-state index in [-0.39, 0.29) is 18.3 Å². The summed E-state index contributed by atoms with van der Waals surface area (Å²) in [5.74, 6) is 0.436. The Morgan fingerprint density at radius 1 is 1.17 bits per heavy atom. The zero-order chi connectivity index (χ0) is 13.4. The van der Waals surface area contributed by atoms with E-state index in [9.17, 15) is 0 Å². The molecule has 1 saturated heterocycles. The van der Waals surface area contributed by atoms with E-state index in [4.69, 9.17) is 9.31 Å². The van der Waals surface area contributed by atoms with Crippen molar-refractivity contribution in [3.8, 4) is 0 Å². The first kappa shape index (κ1) is 14.1. The molecule has 2 rings (SSSR count). The molecule has 2 nitrogen and oxygen atoms in total. The molecule has 1 unspecified atom stereocenters. The lowest BCUT2D eigenvalue weighted by atomic mass is 9.64. The van der Waals surface area contributed by atoms with Crippen molar-refractivity contribution in [2.45, 2.75) is 83.7 Å². The second-order valence-corrected chi connectivity index (χ2v) is 6.66. The van der Waals surface area contributed by atoms with Gasteiger partial charge in [-0.1, -0.05) is 25.0 Å². The van der Waals surface area contributed by atoms with Gasteiger partial charge in [0.25, 0.3) is 0 Å². The summed E-state index contributed by atoms with van der Waals surface area (Å²) in [5.41, 5.74) is 1.14. The molecule has 0 aromatic carbocycles. The van der Waals surface area contributed by atoms with Crippen molar-refractivity contribution in [2.24, 2.45) is 0 Å². The Labute approximate surface area is 112 Å². The summed E-state index contributed by atoms with van der Waals surface area (Å²) in [6.07, 6.45) is 8.63. The Kier molecular flexibility index (Phi) is 3.94. The molecule has 0 aromatic rings. The molecule has 0 saturated carbocycles.